The van der Waals surface area contributed by atoms with E-state index in [1.54, 1.807) is 0 Å². The molecule has 0 saturated carbocycles. The number of nitrogens with zero attached hydrogens (tertiary/aromatic N) is 1. The first-order valence-corrected chi connectivity index (χ1v) is 7.86. The first-order valence-electron chi connectivity index (χ1n) is 7.49. The van der Waals surface area contributed by atoms with Crippen LogP contribution >= 0.6 is 11.6 Å². The molecule has 0 radical (unpaired) electrons. The molecule has 0 bridgehead atoms. The van der Waals surface area contributed by atoms with Gasteiger partial charge in [-0.2, -0.15) is 0 Å². The van der Waals surface area contributed by atoms with E-state index in [2.05, 4.69) is 16.3 Å². The molecule has 2 rings (SSSR count). The molecule has 0 amide bonds. The van der Waals surface area contributed by atoms with Gasteiger partial charge in [-0.3, -0.25) is 0 Å². The highest BCUT2D eigenvalue weighted by atomic mass is 35.5. The molecule has 3 nitrogen and oxygen atoms in total. The average molecular weight is 297 g/mol. The van der Waals surface area contributed by atoms with Crippen LogP contribution in [-0.2, 0) is 0 Å². The van der Waals surface area contributed by atoms with E-state index in [1.165, 1.54) is 12.0 Å². The van der Waals surface area contributed by atoms with Crippen molar-refractivity contribution in [2.45, 2.75) is 25.3 Å². The number of hydrogen-bond donors (Lipinski definition) is 2. The summed E-state index contributed by atoms with van der Waals surface area (Å²) in [5.74, 6) is 0.680. The maximum atomic E-state index is 9.00. The van der Waals surface area contributed by atoms with Gasteiger partial charge < -0.3 is 15.3 Å². The maximum Gasteiger partial charge on any atom is 0.0434 e. The highest BCUT2D eigenvalue weighted by Gasteiger charge is 2.22. The number of hydrogen-bond acceptors (Lipinski definition) is 3. The molecule has 1 saturated heterocycles. The molecule has 1 aliphatic rings. The van der Waals surface area contributed by atoms with Gasteiger partial charge in [-0.05, 0) is 63.0 Å². The minimum Gasteiger partial charge on any atom is -0.396 e. The zero-order valence-electron chi connectivity index (χ0n) is 12.2. The maximum absolute atomic E-state index is 9.00. The predicted octanol–water partition coefficient (Wildman–Crippen LogP) is 2.69. The van der Waals surface area contributed by atoms with Crippen LogP contribution in [0.3, 0.4) is 0 Å². The van der Waals surface area contributed by atoms with Crippen LogP contribution < -0.4 is 5.32 Å². The van der Waals surface area contributed by atoms with Crippen LogP contribution in [0.2, 0.25) is 5.02 Å². The Labute approximate surface area is 126 Å². The Morgan fingerprint density at radius 2 is 2.35 bits per heavy atom. The smallest absolute Gasteiger partial charge is 0.0434 e. The molecule has 4 heteroatoms. The molecule has 1 aromatic carbocycles. The van der Waals surface area contributed by atoms with Crippen LogP contribution in [-0.4, -0.2) is 43.3 Å². The third-order valence-corrected chi connectivity index (χ3v) is 4.48. The molecule has 0 aliphatic carbocycles. The summed E-state index contributed by atoms with van der Waals surface area (Å²) >= 11 is 6.07. The topological polar surface area (TPSA) is 35.5 Å². The fraction of sp³-hybridized carbons (Fsp3) is 0.625. The molecule has 1 aliphatic heterocycles. The Morgan fingerprint density at radius 1 is 1.50 bits per heavy atom. The van der Waals surface area contributed by atoms with Gasteiger partial charge in [0.1, 0.15) is 0 Å². The number of aliphatic hydroxyl groups excluding tert-OH is 1. The molecule has 112 valence electrons. The van der Waals surface area contributed by atoms with Crippen LogP contribution in [0.25, 0.3) is 0 Å². The third kappa shape index (κ3) is 4.45. The number of benzene rings is 1. The van der Waals surface area contributed by atoms with Crippen molar-refractivity contribution in [3.05, 3.63) is 34.9 Å². The Kier molecular flexibility index (Phi) is 6.30. The van der Waals surface area contributed by atoms with E-state index in [-0.39, 0.29) is 0 Å². The Morgan fingerprint density at radius 3 is 3.05 bits per heavy atom. The number of aliphatic hydroxyl groups is 1. The van der Waals surface area contributed by atoms with Crippen LogP contribution in [0.5, 0.6) is 0 Å². The monoisotopic (exact) mass is 296 g/mol. The van der Waals surface area contributed by atoms with Gasteiger partial charge in [0.2, 0.25) is 0 Å². The van der Waals surface area contributed by atoms with Gasteiger partial charge in [0.25, 0.3) is 0 Å². The van der Waals surface area contributed by atoms with Crippen LogP contribution in [0, 0.1) is 5.92 Å². The highest BCUT2D eigenvalue weighted by molar-refractivity contribution is 6.30. The van der Waals surface area contributed by atoms with Gasteiger partial charge in [-0.25, -0.2) is 0 Å². The first kappa shape index (κ1) is 15.8. The lowest BCUT2D eigenvalue weighted by Gasteiger charge is -2.21. The van der Waals surface area contributed by atoms with E-state index in [0.717, 1.165) is 37.5 Å². The quantitative estimate of drug-likeness (QED) is 0.812. The summed E-state index contributed by atoms with van der Waals surface area (Å²) in [4.78, 5) is 2.51. The van der Waals surface area contributed by atoms with Crippen LogP contribution in [0.1, 0.15) is 30.9 Å². The van der Waals surface area contributed by atoms with Crippen molar-refractivity contribution in [1.29, 1.82) is 0 Å². The van der Waals surface area contributed by atoms with E-state index >= 15 is 0 Å². The molecular formula is C16H25ClN2O. The van der Waals surface area contributed by atoms with E-state index in [9.17, 15) is 0 Å². The van der Waals surface area contributed by atoms with Crippen molar-refractivity contribution in [3.8, 4) is 0 Å². The number of halogens is 1. The van der Waals surface area contributed by atoms with E-state index in [1.807, 2.05) is 25.2 Å². The second-order valence-electron chi connectivity index (χ2n) is 5.65. The first-order chi connectivity index (χ1) is 9.72. The van der Waals surface area contributed by atoms with Gasteiger partial charge in [0.15, 0.2) is 0 Å². The molecule has 0 aromatic heterocycles. The van der Waals surface area contributed by atoms with Crippen molar-refractivity contribution in [3.63, 3.8) is 0 Å². The summed E-state index contributed by atoms with van der Waals surface area (Å²) < 4.78 is 0. The number of rotatable bonds is 7. The summed E-state index contributed by atoms with van der Waals surface area (Å²) in [6.07, 6.45) is 3.25. The van der Waals surface area contributed by atoms with Crippen LogP contribution in [0.15, 0.2) is 24.3 Å². The summed E-state index contributed by atoms with van der Waals surface area (Å²) in [6, 6.07) is 8.45. The van der Waals surface area contributed by atoms with Gasteiger partial charge >= 0.3 is 0 Å². The molecule has 1 fully saturated rings. The average Bonchev–Trinajstić information content (AvgIpc) is 2.88. The van der Waals surface area contributed by atoms with Crippen molar-refractivity contribution in [1.82, 2.24) is 10.2 Å². The summed E-state index contributed by atoms with van der Waals surface area (Å²) in [5.41, 5.74) is 1.26. The highest BCUT2D eigenvalue weighted by Crippen LogP contribution is 2.23. The minimum absolute atomic E-state index is 0.320. The third-order valence-electron chi connectivity index (χ3n) is 4.24. The molecule has 0 spiro atoms. The predicted molar refractivity (Wildman–Crippen MR) is 84.1 cm³/mol. The zero-order valence-corrected chi connectivity index (χ0v) is 12.9. The van der Waals surface area contributed by atoms with E-state index < -0.39 is 0 Å². The summed E-state index contributed by atoms with van der Waals surface area (Å²) in [7, 11) is 2.00. The zero-order chi connectivity index (χ0) is 14.4. The van der Waals surface area contributed by atoms with E-state index in [0.29, 0.717) is 18.6 Å². The molecule has 20 heavy (non-hydrogen) atoms. The Balaban J connectivity index is 1.83. The summed E-state index contributed by atoms with van der Waals surface area (Å²) in [5, 5.41) is 13.2. The molecule has 1 heterocycles. The fourth-order valence-corrected chi connectivity index (χ4v) is 3.25. The minimum atomic E-state index is 0.320. The largest absolute Gasteiger partial charge is 0.396 e. The molecular weight excluding hydrogens is 272 g/mol. The van der Waals surface area contributed by atoms with Gasteiger partial charge in [-0.15, -0.1) is 0 Å². The second-order valence-corrected chi connectivity index (χ2v) is 6.09. The lowest BCUT2D eigenvalue weighted by molar-refractivity contribution is 0.248. The van der Waals surface area contributed by atoms with Crippen molar-refractivity contribution in [2.24, 2.45) is 5.92 Å². The molecule has 2 unspecified atom stereocenters. The standard InChI is InChI=1S/C16H25ClN2O/c1-18-16(14-3-2-4-15(17)11-14)6-9-19-8-5-13(12-19)7-10-20/h2-4,11,13,16,18,20H,5-10,12H2,1H3. The lowest BCUT2D eigenvalue weighted by Crippen LogP contribution is -2.27. The van der Waals surface area contributed by atoms with Crippen LogP contribution in [0.4, 0.5) is 0 Å². The number of nitrogens with one attached hydrogen (secondary N) is 1. The van der Waals surface area contributed by atoms with Gasteiger partial charge in [0.05, 0.1) is 0 Å². The van der Waals surface area contributed by atoms with Crippen molar-refractivity contribution >= 4 is 11.6 Å². The Hall–Kier alpha value is -0.610. The lowest BCUT2D eigenvalue weighted by atomic mass is 10.0. The molecule has 2 atom stereocenters. The second kappa shape index (κ2) is 7.99. The van der Waals surface area contributed by atoms with Gasteiger partial charge in [-0.1, -0.05) is 23.7 Å². The van der Waals surface area contributed by atoms with Crippen molar-refractivity contribution < 1.29 is 5.11 Å². The molecule has 2 N–H and O–H groups in total. The van der Waals surface area contributed by atoms with Gasteiger partial charge in [0, 0.05) is 24.2 Å². The summed E-state index contributed by atoms with van der Waals surface area (Å²) in [6.45, 7) is 3.71. The SMILES string of the molecule is CNC(CCN1CCC(CCO)C1)c1cccc(Cl)c1. The van der Waals surface area contributed by atoms with E-state index in [4.69, 9.17) is 16.7 Å². The fourth-order valence-electron chi connectivity index (χ4n) is 3.05. The molecule has 1 aromatic rings. The Bertz CT molecular complexity index is 413. The number of likely N-dealkylation sites (tertiary alicyclic amines) is 1. The normalized spacial score (nSPS) is 21.2. The van der Waals surface area contributed by atoms with Crippen molar-refractivity contribution in [2.75, 3.05) is 33.3 Å².